The summed E-state index contributed by atoms with van der Waals surface area (Å²) in [5.41, 5.74) is 2.58. The van der Waals surface area contributed by atoms with E-state index in [2.05, 4.69) is 38.9 Å². The molecule has 4 aromatic rings. The van der Waals surface area contributed by atoms with E-state index >= 15 is 0 Å². The van der Waals surface area contributed by atoms with E-state index in [4.69, 9.17) is 0 Å². The van der Waals surface area contributed by atoms with Crippen molar-refractivity contribution in [3.63, 3.8) is 0 Å². The summed E-state index contributed by atoms with van der Waals surface area (Å²) in [5, 5.41) is 6.77. The van der Waals surface area contributed by atoms with Crippen LogP contribution < -0.4 is 5.56 Å². The summed E-state index contributed by atoms with van der Waals surface area (Å²) < 4.78 is 29.7. The third-order valence-electron chi connectivity index (χ3n) is 5.00. The fourth-order valence-corrected chi connectivity index (χ4v) is 3.38. The minimum absolute atomic E-state index is 0.0883. The van der Waals surface area contributed by atoms with Crippen molar-refractivity contribution in [3.8, 4) is 35.1 Å². The predicted molar refractivity (Wildman–Crippen MR) is 118 cm³/mol. The number of aromatic nitrogens is 4. The maximum Gasteiger partial charge on any atom is 0.254 e. The van der Waals surface area contributed by atoms with Crippen molar-refractivity contribution >= 4 is 0 Å². The Hall–Kier alpha value is -4.36. The summed E-state index contributed by atoms with van der Waals surface area (Å²) in [5.74, 6) is 9.45. The molecule has 0 amide bonds. The monoisotopic (exact) mass is 428 g/mol. The minimum Gasteiger partial charge on any atom is -0.359 e. The molecule has 32 heavy (non-hydrogen) atoms. The number of nitrogens with zero attached hydrogens (tertiary/aromatic N) is 2. The van der Waals surface area contributed by atoms with Crippen LogP contribution in [0.1, 0.15) is 29.0 Å². The van der Waals surface area contributed by atoms with E-state index < -0.39 is 17.6 Å². The Bertz CT molecular complexity index is 1430. The van der Waals surface area contributed by atoms with E-state index in [1.807, 2.05) is 12.1 Å². The van der Waals surface area contributed by atoms with E-state index in [1.54, 1.807) is 37.8 Å². The first kappa shape index (κ1) is 20.9. The summed E-state index contributed by atoms with van der Waals surface area (Å²) in [6.45, 7) is 0. The second-order valence-corrected chi connectivity index (χ2v) is 7.13. The van der Waals surface area contributed by atoms with Gasteiger partial charge in [-0.1, -0.05) is 17.9 Å². The molecule has 0 aliphatic rings. The van der Waals surface area contributed by atoms with Crippen LogP contribution >= 0.6 is 0 Å². The summed E-state index contributed by atoms with van der Waals surface area (Å²) in [6.07, 6.45) is 5.13. The van der Waals surface area contributed by atoms with Crippen molar-refractivity contribution in [3.05, 3.63) is 99.7 Å². The summed E-state index contributed by atoms with van der Waals surface area (Å²) in [4.78, 5) is 15.7. The van der Waals surface area contributed by atoms with Crippen molar-refractivity contribution in [2.75, 3.05) is 0 Å². The maximum absolute atomic E-state index is 14.5. The standard InChI is InChI=1S/C25H18F2N4O/c1-31-13-5-8-20(25(31)32)19(21-15-18(26)9-10-22(21)27)7-4-2-3-6-17-14-24(28-16-17)23-11-12-29-30-23/h5,8-16,19,28H,7H2,1H3,(H,29,30). The molecule has 1 atom stereocenters. The lowest BCUT2D eigenvalue weighted by Crippen LogP contribution is -2.23. The number of aryl methyl sites for hydroxylation is 1. The van der Waals surface area contributed by atoms with Gasteiger partial charge in [-0.15, -0.1) is 0 Å². The van der Waals surface area contributed by atoms with Gasteiger partial charge < -0.3 is 9.55 Å². The first-order valence-electron chi connectivity index (χ1n) is 9.80. The lowest BCUT2D eigenvalue weighted by atomic mass is 9.89. The van der Waals surface area contributed by atoms with Crippen LogP contribution in [0.15, 0.2) is 65.8 Å². The molecule has 1 unspecified atom stereocenters. The van der Waals surface area contributed by atoms with E-state index in [0.29, 0.717) is 5.56 Å². The second-order valence-electron chi connectivity index (χ2n) is 7.13. The van der Waals surface area contributed by atoms with Crippen molar-refractivity contribution in [1.29, 1.82) is 0 Å². The highest BCUT2D eigenvalue weighted by molar-refractivity contribution is 5.57. The van der Waals surface area contributed by atoms with Crippen molar-refractivity contribution in [2.45, 2.75) is 12.3 Å². The van der Waals surface area contributed by atoms with Crippen LogP contribution in [-0.4, -0.2) is 19.7 Å². The van der Waals surface area contributed by atoms with Crippen LogP contribution in [0.25, 0.3) is 11.4 Å². The molecule has 0 bridgehead atoms. The Morgan fingerprint density at radius 2 is 1.97 bits per heavy atom. The van der Waals surface area contributed by atoms with Crippen LogP contribution in [0.3, 0.4) is 0 Å². The highest BCUT2D eigenvalue weighted by atomic mass is 19.1. The number of halogens is 2. The molecule has 0 aliphatic carbocycles. The van der Waals surface area contributed by atoms with E-state index in [1.165, 1.54) is 4.57 Å². The summed E-state index contributed by atoms with van der Waals surface area (Å²) in [6, 6.07) is 10.2. The third kappa shape index (κ3) is 4.53. The number of H-pyrrole nitrogens is 2. The van der Waals surface area contributed by atoms with Gasteiger partial charge in [0, 0.05) is 49.1 Å². The van der Waals surface area contributed by atoms with Gasteiger partial charge in [0.2, 0.25) is 0 Å². The molecule has 1 aromatic carbocycles. The number of hydrogen-bond donors (Lipinski definition) is 2. The zero-order valence-electron chi connectivity index (χ0n) is 17.1. The first-order valence-corrected chi connectivity index (χ1v) is 9.80. The summed E-state index contributed by atoms with van der Waals surface area (Å²) >= 11 is 0. The molecule has 3 aromatic heterocycles. The van der Waals surface area contributed by atoms with Crippen molar-refractivity contribution in [2.24, 2.45) is 7.05 Å². The Kier molecular flexibility index (Phi) is 6.00. The van der Waals surface area contributed by atoms with E-state index in [0.717, 1.165) is 35.2 Å². The van der Waals surface area contributed by atoms with Crippen molar-refractivity contribution < 1.29 is 8.78 Å². The van der Waals surface area contributed by atoms with Gasteiger partial charge in [-0.3, -0.25) is 9.89 Å². The Balaban J connectivity index is 1.59. The van der Waals surface area contributed by atoms with Gasteiger partial charge in [-0.2, -0.15) is 5.10 Å². The molecule has 0 spiro atoms. The van der Waals surface area contributed by atoms with Gasteiger partial charge in [-0.25, -0.2) is 8.78 Å². The Morgan fingerprint density at radius 3 is 2.78 bits per heavy atom. The molecule has 7 heteroatoms. The molecule has 3 heterocycles. The summed E-state index contributed by atoms with van der Waals surface area (Å²) in [7, 11) is 1.61. The molecule has 5 nitrogen and oxygen atoms in total. The number of aromatic amines is 2. The lowest BCUT2D eigenvalue weighted by molar-refractivity contribution is 0.574. The van der Waals surface area contributed by atoms with E-state index in [-0.39, 0.29) is 17.5 Å². The topological polar surface area (TPSA) is 66.5 Å². The SMILES string of the molecule is Cn1cccc(C(CC#CC#Cc2c[nH]c(-c3ccn[nH]3)c2)c2cc(F)ccc2F)c1=O. The van der Waals surface area contributed by atoms with Gasteiger partial charge in [0.25, 0.3) is 5.56 Å². The molecule has 158 valence electrons. The molecule has 4 rings (SSSR count). The van der Waals surface area contributed by atoms with Crippen LogP contribution in [0.2, 0.25) is 0 Å². The smallest absolute Gasteiger partial charge is 0.254 e. The normalized spacial score (nSPS) is 11.2. The number of rotatable bonds is 4. The molecular formula is C25H18F2N4O. The molecular weight excluding hydrogens is 410 g/mol. The van der Waals surface area contributed by atoms with E-state index in [9.17, 15) is 13.6 Å². The van der Waals surface area contributed by atoms with Crippen LogP contribution in [0, 0.1) is 35.3 Å². The lowest BCUT2D eigenvalue weighted by Gasteiger charge is -2.16. The fourth-order valence-electron chi connectivity index (χ4n) is 3.38. The quantitative estimate of drug-likeness (QED) is 0.483. The average Bonchev–Trinajstić information content (AvgIpc) is 3.47. The molecule has 0 radical (unpaired) electrons. The highest BCUT2D eigenvalue weighted by Gasteiger charge is 2.21. The number of benzene rings is 1. The highest BCUT2D eigenvalue weighted by Crippen LogP contribution is 2.28. The third-order valence-corrected chi connectivity index (χ3v) is 5.00. The minimum atomic E-state index is -0.723. The zero-order chi connectivity index (χ0) is 22.5. The first-order chi connectivity index (χ1) is 15.5. The predicted octanol–water partition coefficient (Wildman–Crippen LogP) is 3.96. The zero-order valence-corrected chi connectivity index (χ0v) is 17.1. The largest absolute Gasteiger partial charge is 0.359 e. The molecule has 0 saturated heterocycles. The molecule has 0 aliphatic heterocycles. The van der Waals surface area contributed by atoms with Gasteiger partial charge >= 0.3 is 0 Å². The number of hydrogen-bond acceptors (Lipinski definition) is 2. The van der Waals surface area contributed by atoms with Gasteiger partial charge in [-0.05, 0) is 53.8 Å². The second kappa shape index (κ2) is 9.20. The van der Waals surface area contributed by atoms with Gasteiger partial charge in [0.05, 0.1) is 11.4 Å². The van der Waals surface area contributed by atoms with Crippen LogP contribution in [0.5, 0.6) is 0 Å². The number of pyridine rings is 1. The Labute approximate surface area is 183 Å². The maximum atomic E-state index is 14.5. The van der Waals surface area contributed by atoms with Crippen LogP contribution in [0.4, 0.5) is 8.78 Å². The Morgan fingerprint density at radius 1 is 1.09 bits per heavy atom. The van der Waals surface area contributed by atoms with Gasteiger partial charge in [0.1, 0.15) is 11.6 Å². The van der Waals surface area contributed by atoms with Crippen molar-refractivity contribution in [1.82, 2.24) is 19.7 Å². The average molecular weight is 428 g/mol. The number of nitrogens with one attached hydrogen (secondary N) is 2. The molecule has 2 N–H and O–H groups in total. The fraction of sp³-hybridized carbons (Fsp3) is 0.120. The molecule has 0 saturated carbocycles. The van der Waals surface area contributed by atoms with Crippen LogP contribution in [-0.2, 0) is 7.05 Å². The van der Waals surface area contributed by atoms with Gasteiger partial charge in [0.15, 0.2) is 0 Å². The molecule has 0 fully saturated rings.